The van der Waals surface area contributed by atoms with E-state index in [1.807, 2.05) is 0 Å². The van der Waals surface area contributed by atoms with Crippen LogP contribution in [-0.2, 0) is 6.42 Å². The predicted octanol–water partition coefficient (Wildman–Crippen LogP) is 3.03. The molecule has 2 rings (SSSR count). The molecule has 1 aliphatic carbocycles. The van der Waals surface area contributed by atoms with Crippen LogP contribution in [0.3, 0.4) is 0 Å². The van der Waals surface area contributed by atoms with Crippen molar-refractivity contribution < 1.29 is 0 Å². The quantitative estimate of drug-likeness (QED) is 0.805. The monoisotopic (exact) mass is 249 g/mol. The Kier molecular flexibility index (Phi) is 4.44. The maximum absolute atomic E-state index is 4.71. The summed E-state index contributed by atoms with van der Waals surface area (Å²) in [7, 11) is 0. The van der Waals surface area contributed by atoms with E-state index in [4.69, 9.17) is 5.10 Å². The van der Waals surface area contributed by atoms with Gasteiger partial charge in [-0.25, -0.2) is 0 Å². The first-order chi connectivity index (χ1) is 8.65. The zero-order chi connectivity index (χ0) is 13.1. The fourth-order valence-electron chi connectivity index (χ4n) is 2.69. The van der Waals surface area contributed by atoms with Crippen LogP contribution in [0, 0.1) is 11.8 Å². The molecule has 1 aliphatic rings. The summed E-state index contributed by atoms with van der Waals surface area (Å²) in [6.07, 6.45) is 5.72. The van der Waals surface area contributed by atoms with Crippen molar-refractivity contribution in [1.82, 2.24) is 15.1 Å². The second-order valence-electron chi connectivity index (χ2n) is 5.79. The van der Waals surface area contributed by atoms with Crippen molar-refractivity contribution in [1.29, 1.82) is 0 Å². The maximum Gasteiger partial charge on any atom is 0.0640 e. The fourth-order valence-corrected chi connectivity index (χ4v) is 2.69. The summed E-state index contributed by atoms with van der Waals surface area (Å²) in [5.41, 5.74) is 1.24. The highest BCUT2D eigenvalue weighted by atomic mass is 15.3. The lowest BCUT2D eigenvalue weighted by molar-refractivity contribution is 0.438. The van der Waals surface area contributed by atoms with Gasteiger partial charge >= 0.3 is 0 Å². The van der Waals surface area contributed by atoms with E-state index in [1.165, 1.54) is 12.1 Å². The van der Waals surface area contributed by atoms with Crippen molar-refractivity contribution in [3.63, 3.8) is 0 Å². The van der Waals surface area contributed by atoms with Gasteiger partial charge in [0.05, 0.1) is 5.69 Å². The van der Waals surface area contributed by atoms with Crippen molar-refractivity contribution in [2.45, 2.75) is 59.0 Å². The number of rotatable bonds is 7. The molecule has 0 bridgehead atoms. The SMILES string of the molecule is CCNC(Cc1ccn(C(C)CC)n1)C1CC1C. The Hall–Kier alpha value is -0.830. The molecule has 0 aliphatic heterocycles. The Morgan fingerprint density at radius 2 is 2.22 bits per heavy atom. The van der Waals surface area contributed by atoms with E-state index in [0.717, 1.165) is 31.2 Å². The van der Waals surface area contributed by atoms with E-state index in [0.29, 0.717) is 12.1 Å². The van der Waals surface area contributed by atoms with Gasteiger partial charge in [0.2, 0.25) is 0 Å². The molecule has 0 amide bonds. The van der Waals surface area contributed by atoms with Crippen molar-refractivity contribution in [2.24, 2.45) is 11.8 Å². The summed E-state index contributed by atoms with van der Waals surface area (Å²) in [6, 6.07) is 3.31. The minimum absolute atomic E-state index is 0.510. The number of hydrogen-bond acceptors (Lipinski definition) is 2. The lowest BCUT2D eigenvalue weighted by Gasteiger charge is -2.16. The molecule has 1 aromatic heterocycles. The molecule has 0 spiro atoms. The highest BCUT2D eigenvalue weighted by Gasteiger charge is 2.39. The van der Waals surface area contributed by atoms with E-state index in [-0.39, 0.29) is 0 Å². The first-order valence-electron chi connectivity index (χ1n) is 7.43. The summed E-state index contributed by atoms with van der Waals surface area (Å²) in [6.45, 7) is 10.0. The summed E-state index contributed by atoms with van der Waals surface area (Å²) in [5.74, 6) is 1.75. The zero-order valence-electron chi connectivity index (χ0n) is 12.2. The molecule has 0 saturated heterocycles. The van der Waals surface area contributed by atoms with Crippen LogP contribution in [0.2, 0.25) is 0 Å². The van der Waals surface area contributed by atoms with Crippen LogP contribution in [0.15, 0.2) is 12.3 Å². The lowest BCUT2D eigenvalue weighted by atomic mass is 10.1. The molecule has 18 heavy (non-hydrogen) atoms. The molecule has 0 radical (unpaired) electrons. The van der Waals surface area contributed by atoms with Crippen molar-refractivity contribution >= 4 is 0 Å². The molecule has 0 aromatic carbocycles. The van der Waals surface area contributed by atoms with E-state index in [9.17, 15) is 0 Å². The van der Waals surface area contributed by atoms with Gasteiger partial charge in [0.25, 0.3) is 0 Å². The van der Waals surface area contributed by atoms with Gasteiger partial charge in [-0.15, -0.1) is 0 Å². The first kappa shape index (κ1) is 13.6. The standard InChI is InChI=1S/C15H27N3/c1-5-12(4)18-8-7-13(17-18)10-15(16-6-2)14-9-11(14)3/h7-8,11-12,14-16H,5-6,9-10H2,1-4H3. The van der Waals surface area contributed by atoms with Crippen LogP contribution in [-0.4, -0.2) is 22.4 Å². The molecule has 102 valence electrons. The Labute approximate surface area is 111 Å². The van der Waals surface area contributed by atoms with Gasteiger partial charge in [0.1, 0.15) is 0 Å². The van der Waals surface area contributed by atoms with Crippen LogP contribution in [0.4, 0.5) is 0 Å². The highest BCUT2D eigenvalue weighted by Crippen LogP contribution is 2.41. The lowest BCUT2D eigenvalue weighted by Crippen LogP contribution is -2.33. The Bertz CT molecular complexity index is 372. The Morgan fingerprint density at radius 3 is 2.78 bits per heavy atom. The van der Waals surface area contributed by atoms with E-state index < -0.39 is 0 Å². The molecule has 1 heterocycles. The molecule has 1 saturated carbocycles. The second kappa shape index (κ2) is 5.87. The molecule has 3 heteroatoms. The number of hydrogen-bond donors (Lipinski definition) is 1. The molecular weight excluding hydrogens is 222 g/mol. The third kappa shape index (κ3) is 3.14. The molecule has 1 aromatic rings. The third-order valence-electron chi connectivity index (χ3n) is 4.29. The molecular formula is C15H27N3. The first-order valence-corrected chi connectivity index (χ1v) is 7.43. The summed E-state index contributed by atoms with van der Waals surface area (Å²) in [4.78, 5) is 0. The predicted molar refractivity (Wildman–Crippen MR) is 75.7 cm³/mol. The van der Waals surface area contributed by atoms with Gasteiger partial charge in [-0.3, -0.25) is 4.68 Å². The van der Waals surface area contributed by atoms with Crippen LogP contribution in [0.25, 0.3) is 0 Å². The largest absolute Gasteiger partial charge is 0.314 e. The Morgan fingerprint density at radius 1 is 1.50 bits per heavy atom. The average molecular weight is 249 g/mol. The third-order valence-corrected chi connectivity index (χ3v) is 4.29. The topological polar surface area (TPSA) is 29.9 Å². The minimum Gasteiger partial charge on any atom is -0.314 e. The molecule has 1 fully saturated rings. The highest BCUT2D eigenvalue weighted by molar-refractivity contribution is 5.05. The number of nitrogens with one attached hydrogen (secondary N) is 1. The number of aromatic nitrogens is 2. The van der Waals surface area contributed by atoms with Crippen molar-refractivity contribution in [3.05, 3.63) is 18.0 Å². The number of likely N-dealkylation sites (N-methyl/N-ethyl adjacent to an activating group) is 1. The van der Waals surface area contributed by atoms with Crippen molar-refractivity contribution in [3.8, 4) is 0 Å². The number of nitrogens with zero attached hydrogens (tertiary/aromatic N) is 2. The van der Waals surface area contributed by atoms with E-state index in [2.05, 4.69) is 50.0 Å². The summed E-state index contributed by atoms with van der Waals surface area (Å²) in [5, 5.41) is 8.34. The molecule has 1 N–H and O–H groups in total. The van der Waals surface area contributed by atoms with E-state index in [1.54, 1.807) is 0 Å². The van der Waals surface area contributed by atoms with Crippen LogP contribution >= 0.6 is 0 Å². The van der Waals surface area contributed by atoms with Gasteiger partial charge < -0.3 is 5.32 Å². The Balaban J connectivity index is 1.96. The fraction of sp³-hybridized carbons (Fsp3) is 0.800. The summed E-state index contributed by atoms with van der Waals surface area (Å²) >= 11 is 0. The van der Waals surface area contributed by atoms with Crippen LogP contribution < -0.4 is 5.32 Å². The smallest absolute Gasteiger partial charge is 0.0640 e. The second-order valence-corrected chi connectivity index (χ2v) is 5.79. The van der Waals surface area contributed by atoms with Crippen molar-refractivity contribution in [2.75, 3.05) is 6.54 Å². The molecule has 4 unspecified atom stereocenters. The van der Waals surface area contributed by atoms with Gasteiger partial charge in [0.15, 0.2) is 0 Å². The normalized spacial score (nSPS) is 26.0. The zero-order valence-corrected chi connectivity index (χ0v) is 12.2. The average Bonchev–Trinajstić information content (AvgIpc) is 2.90. The van der Waals surface area contributed by atoms with Gasteiger partial charge in [0, 0.05) is 24.7 Å². The minimum atomic E-state index is 0.510. The van der Waals surface area contributed by atoms with Gasteiger partial charge in [-0.05, 0) is 44.2 Å². The molecule has 3 nitrogen and oxygen atoms in total. The van der Waals surface area contributed by atoms with Crippen LogP contribution in [0.1, 0.15) is 52.3 Å². The van der Waals surface area contributed by atoms with Gasteiger partial charge in [-0.2, -0.15) is 5.10 Å². The maximum atomic E-state index is 4.71. The van der Waals surface area contributed by atoms with Gasteiger partial charge in [-0.1, -0.05) is 20.8 Å². The van der Waals surface area contributed by atoms with E-state index >= 15 is 0 Å². The molecule has 4 atom stereocenters. The summed E-state index contributed by atoms with van der Waals surface area (Å²) < 4.78 is 2.11. The van der Waals surface area contributed by atoms with Crippen LogP contribution in [0.5, 0.6) is 0 Å².